The van der Waals surface area contributed by atoms with Crippen LogP contribution in [-0.2, 0) is 0 Å². The van der Waals surface area contributed by atoms with Gasteiger partial charge in [-0.15, -0.1) is 0 Å². The molecule has 94 valence electrons. The summed E-state index contributed by atoms with van der Waals surface area (Å²) < 4.78 is 1.03. The number of nitrogens with zero attached hydrogens (tertiary/aromatic N) is 1. The summed E-state index contributed by atoms with van der Waals surface area (Å²) in [6.07, 6.45) is 2.45. The fourth-order valence-corrected chi connectivity index (χ4v) is 3.12. The molecule has 1 N–H and O–H groups in total. The maximum Gasteiger partial charge on any atom is 0.0650 e. The van der Waals surface area contributed by atoms with Gasteiger partial charge in [-0.3, -0.25) is 0 Å². The molecule has 0 aliphatic carbocycles. The molecule has 1 atom stereocenters. The van der Waals surface area contributed by atoms with E-state index < -0.39 is 0 Å². The molecule has 0 aromatic heterocycles. The molecule has 2 rings (SSSR count). The van der Waals surface area contributed by atoms with Gasteiger partial charge < -0.3 is 10.2 Å². The first-order valence-corrected chi connectivity index (χ1v) is 7.31. The molecule has 1 saturated heterocycles. The van der Waals surface area contributed by atoms with Crippen molar-refractivity contribution in [3.63, 3.8) is 0 Å². The van der Waals surface area contributed by atoms with Gasteiger partial charge in [-0.2, -0.15) is 0 Å². The van der Waals surface area contributed by atoms with E-state index in [4.69, 9.17) is 11.6 Å². The normalized spacial score (nSPS) is 20.6. The Morgan fingerprint density at radius 3 is 3.06 bits per heavy atom. The van der Waals surface area contributed by atoms with Crippen molar-refractivity contribution in [3.8, 4) is 0 Å². The lowest BCUT2D eigenvalue weighted by Crippen LogP contribution is -2.50. The van der Waals surface area contributed by atoms with Crippen molar-refractivity contribution in [2.45, 2.75) is 25.8 Å². The number of anilines is 1. The van der Waals surface area contributed by atoms with Crippen LogP contribution in [0.4, 0.5) is 5.69 Å². The largest absolute Gasteiger partial charge is 0.367 e. The Morgan fingerprint density at radius 2 is 2.35 bits per heavy atom. The molecule has 0 radical (unpaired) electrons. The van der Waals surface area contributed by atoms with Crippen LogP contribution in [0.25, 0.3) is 0 Å². The van der Waals surface area contributed by atoms with Crippen molar-refractivity contribution in [2.24, 2.45) is 0 Å². The topological polar surface area (TPSA) is 15.3 Å². The third-order valence-electron chi connectivity index (χ3n) is 3.14. The molecule has 1 aromatic rings. The second kappa shape index (κ2) is 6.07. The molecule has 4 heteroatoms. The van der Waals surface area contributed by atoms with Crippen LogP contribution in [0.5, 0.6) is 0 Å². The quantitative estimate of drug-likeness (QED) is 0.915. The number of nitrogens with one attached hydrogen (secondary N) is 1. The lowest BCUT2D eigenvalue weighted by Gasteiger charge is -2.35. The summed E-state index contributed by atoms with van der Waals surface area (Å²) in [5, 5.41) is 4.39. The Balaban J connectivity index is 2.10. The first-order chi connectivity index (χ1) is 8.20. The van der Waals surface area contributed by atoms with Gasteiger partial charge in [0, 0.05) is 30.1 Å². The van der Waals surface area contributed by atoms with Crippen molar-refractivity contribution in [3.05, 3.63) is 27.7 Å². The van der Waals surface area contributed by atoms with E-state index in [1.54, 1.807) is 0 Å². The minimum Gasteiger partial charge on any atom is -0.367 e. The van der Waals surface area contributed by atoms with Gasteiger partial charge in [0.05, 0.1) is 10.7 Å². The predicted octanol–water partition coefficient (Wildman–Crippen LogP) is 3.68. The smallest absolute Gasteiger partial charge is 0.0650 e. The number of rotatable bonds is 3. The van der Waals surface area contributed by atoms with Crippen LogP contribution in [0, 0.1) is 0 Å². The molecular formula is C13H18BrClN2. The van der Waals surface area contributed by atoms with Crippen molar-refractivity contribution in [1.82, 2.24) is 5.32 Å². The fourth-order valence-electron chi connectivity index (χ4n) is 2.32. The molecule has 17 heavy (non-hydrogen) atoms. The minimum atomic E-state index is 0.591. The summed E-state index contributed by atoms with van der Waals surface area (Å²) in [7, 11) is 0. The van der Waals surface area contributed by atoms with E-state index in [0.29, 0.717) is 6.04 Å². The van der Waals surface area contributed by atoms with Crippen molar-refractivity contribution >= 4 is 33.2 Å². The molecule has 1 aromatic carbocycles. The monoisotopic (exact) mass is 316 g/mol. The maximum absolute atomic E-state index is 6.30. The van der Waals surface area contributed by atoms with E-state index in [0.717, 1.165) is 34.8 Å². The molecule has 1 aliphatic heterocycles. The van der Waals surface area contributed by atoms with E-state index in [-0.39, 0.29) is 0 Å². The van der Waals surface area contributed by atoms with Crippen LogP contribution in [0.3, 0.4) is 0 Å². The third kappa shape index (κ3) is 3.36. The van der Waals surface area contributed by atoms with Crippen LogP contribution >= 0.6 is 27.5 Å². The van der Waals surface area contributed by atoms with Crippen LogP contribution in [0.1, 0.15) is 19.8 Å². The average Bonchev–Trinajstić information content (AvgIpc) is 2.29. The Morgan fingerprint density at radius 1 is 1.53 bits per heavy atom. The summed E-state index contributed by atoms with van der Waals surface area (Å²) in [5.74, 6) is 0. The molecule has 0 bridgehead atoms. The number of piperazine rings is 1. The summed E-state index contributed by atoms with van der Waals surface area (Å²) in [6, 6.07) is 6.71. The van der Waals surface area contributed by atoms with Crippen molar-refractivity contribution < 1.29 is 0 Å². The minimum absolute atomic E-state index is 0.591. The van der Waals surface area contributed by atoms with Crippen LogP contribution in [0.15, 0.2) is 22.7 Å². The second-order valence-electron chi connectivity index (χ2n) is 4.48. The molecule has 1 unspecified atom stereocenters. The standard InChI is InChI=1S/C13H18BrClN2/c1-2-3-11-9-17(7-6-16-11)13-5-4-10(14)8-12(13)15/h4-5,8,11,16H,2-3,6-7,9H2,1H3. The number of hydrogen-bond acceptors (Lipinski definition) is 2. The molecule has 0 saturated carbocycles. The zero-order chi connectivity index (χ0) is 12.3. The van der Waals surface area contributed by atoms with Crippen LogP contribution < -0.4 is 10.2 Å². The highest BCUT2D eigenvalue weighted by molar-refractivity contribution is 9.10. The molecule has 1 fully saturated rings. The predicted molar refractivity (Wildman–Crippen MR) is 78.1 cm³/mol. The van der Waals surface area contributed by atoms with Gasteiger partial charge in [-0.1, -0.05) is 40.9 Å². The summed E-state index contributed by atoms with van der Waals surface area (Å²) in [6.45, 7) is 5.35. The first-order valence-electron chi connectivity index (χ1n) is 6.14. The maximum atomic E-state index is 6.30. The lowest BCUT2D eigenvalue weighted by atomic mass is 10.1. The van der Waals surface area contributed by atoms with E-state index in [2.05, 4.69) is 45.2 Å². The zero-order valence-corrected chi connectivity index (χ0v) is 12.4. The number of hydrogen-bond donors (Lipinski definition) is 1. The molecular weight excluding hydrogens is 300 g/mol. The van der Waals surface area contributed by atoms with E-state index >= 15 is 0 Å². The van der Waals surface area contributed by atoms with Gasteiger partial charge in [0.2, 0.25) is 0 Å². The Kier molecular flexibility index (Phi) is 4.71. The average molecular weight is 318 g/mol. The highest BCUT2D eigenvalue weighted by atomic mass is 79.9. The first kappa shape index (κ1) is 13.2. The van der Waals surface area contributed by atoms with Gasteiger partial charge >= 0.3 is 0 Å². The molecule has 1 heterocycles. The van der Waals surface area contributed by atoms with Crippen molar-refractivity contribution in [1.29, 1.82) is 0 Å². The zero-order valence-electron chi connectivity index (χ0n) is 10.0. The summed E-state index contributed by atoms with van der Waals surface area (Å²) in [4.78, 5) is 2.38. The summed E-state index contributed by atoms with van der Waals surface area (Å²) in [5.41, 5.74) is 1.15. The third-order valence-corrected chi connectivity index (χ3v) is 3.94. The Bertz CT molecular complexity index is 382. The number of halogens is 2. The number of benzene rings is 1. The van der Waals surface area contributed by atoms with E-state index in [9.17, 15) is 0 Å². The highest BCUT2D eigenvalue weighted by Gasteiger charge is 2.20. The van der Waals surface area contributed by atoms with Crippen molar-refractivity contribution in [2.75, 3.05) is 24.5 Å². The molecule has 0 amide bonds. The highest BCUT2D eigenvalue weighted by Crippen LogP contribution is 2.29. The lowest BCUT2D eigenvalue weighted by molar-refractivity contribution is 0.431. The van der Waals surface area contributed by atoms with Gasteiger partial charge in [0.25, 0.3) is 0 Å². The summed E-state index contributed by atoms with van der Waals surface area (Å²) >= 11 is 9.74. The molecule has 2 nitrogen and oxygen atoms in total. The van der Waals surface area contributed by atoms with Gasteiger partial charge in [0.15, 0.2) is 0 Å². The van der Waals surface area contributed by atoms with Crippen LogP contribution in [0.2, 0.25) is 5.02 Å². The molecule has 1 aliphatic rings. The van der Waals surface area contributed by atoms with Gasteiger partial charge in [-0.05, 0) is 24.6 Å². The van der Waals surface area contributed by atoms with E-state index in [1.165, 1.54) is 12.8 Å². The molecule has 0 spiro atoms. The van der Waals surface area contributed by atoms with Crippen LogP contribution in [-0.4, -0.2) is 25.7 Å². The van der Waals surface area contributed by atoms with Gasteiger partial charge in [0.1, 0.15) is 0 Å². The Hall–Kier alpha value is -0.250. The van der Waals surface area contributed by atoms with E-state index in [1.807, 2.05) is 6.07 Å². The SMILES string of the molecule is CCCC1CN(c2ccc(Br)cc2Cl)CCN1. The Labute approximate surface area is 116 Å². The fraction of sp³-hybridized carbons (Fsp3) is 0.538. The van der Waals surface area contributed by atoms with Gasteiger partial charge in [-0.25, -0.2) is 0 Å². The second-order valence-corrected chi connectivity index (χ2v) is 5.80.